The van der Waals surface area contributed by atoms with Crippen molar-refractivity contribution in [3.8, 4) is 17.4 Å². The predicted molar refractivity (Wildman–Crippen MR) is 69.5 cm³/mol. The van der Waals surface area contributed by atoms with Gasteiger partial charge in [0, 0.05) is 5.56 Å². The Kier molecular flexibility index (Phi) is 4.19. The van der Waals surface area contributed by atoms with Crippen molar-refractivity contribution in [2.75, 3.05) is 13.2 Å². The first-order chi connectivity index (χ1) is 9.60. The maximum absolute atomic E-state index is 11.2. The molecule has 0 bridgehead atoms. The van der Waals surface area contributed by atoms with Crippen molar-refractivity contribution in [1.82, 2.24) is 14.9 Å². The summed E-state index contributed by atoms with van der Waals surface area (Å²) < 4.78 is 9.77. The van der Waals surface area contributed by atoms with E-state index in [0.29, 0.717) is 10.4 Å². The fraction of sp³-hybridized carbons (Fsp3) is 0.308. The lowest BCUT2D eigenvalue weighted by atomic mass is 10.1. The SMILES string of the molecule is CCOC(=O)COc1nc(-c2cccc(C)c2)n(O)n1. The van der Waals surface area contributed by atoms with E-state index in [4.69, 9.17) is 9.47 Å². The number of carbonyl (C=O) groups is 1. The van der Waals surface area contributed by atoms with Gasteiger partial charge in [-0.1, -0.05) is 33.7 Å². The Morgan fingerprint density at radius 2 is 2.25 bits per heavy atom. The number of benzene rings is 1. The van der Waals surface area contributed by atoms with Crippen LogP contribution >= 0.6 is 0 Å². The van der Waals surface area contributed by atoms with Crippen LogP contribution in [0.5, 0.6) is 6.01 Å². The predicted octanol–water partition coefficient (Wildman–Crippen LogP) is 1.43. The third-order valence-corrected chi connectivity index (χ3v) is 2.47. The van der Waals surface area contributed by atoms with Crippen LogP contribution in [0, 0.1) is 6.92 Å². The van der Waals surface area contributed by atoms with Gasteiger partial charge in [0.1, 0.15) is 0 Å². The molecular formula is C13H15N3O4. The van der Waals surface area contributed by atoms with Gasteiger partial charge in [0.05, 0.1) is 6.61 Å². The Hall–Kier alpha value is -2.57. The van der Waals surface area contributed by atoms with Crippen LogP contribution in [0.15, 0.2) is 24.3 Å². The molecule has 0 aliphatic heterocycles. The number of rotatable bonds is 5. The lowest BCUT2D eigenvalue weighted by molar-refractivity contribution is -0.145. The number of hydrogen-bond acceptors (Lipinski definition) is 6. The van der Waals surface area contributed by atoms with Gasteiger partial charge in [-0.25, -0.2) is 4.79 Å². The van der Waals surface area contributed by atoms with Crippen LogP contribution in [-0.4, -0.2) is 39.3 Å². The number of aromatic nitrogens is 3. The summed E-state index contributed by atoms with van der Waals surface area (Å²) in [5.74, 6) is -0.272. The number of carbonyl (C=O) groups excluding carboxylic acids is 1. The summed E-state index contributed by atoms with van der Waals surface area (Å²) in [6.07, 6.45) is 0. The van der Waals surface area contributed by atoms with Gasteiger partial charge in [0.25, 0.3) is 0 Å². The summed E-state index contributed by atoms with van der Waals surface area (Å²) in [5.41, 5.74) is 1.73. The smallest absolute Gasteiger partial charge is 0.344 e. The van der Waals surface area contributed by atoms with Crippen molar-refractivity contribution in [2.45, 2.75) is 13.8 Å². The van der Waals surface area contributed by atoms with Crippen LogP contribution in [0.1, 0.15) is 12.5 Å². The maximum atomic E-state index is 11.2. The molecule has 0 amide bonds. The average molecular weight is 277 g/mol. The van der Waals surface area contributed by atoms with E-state index in [1.54, 1.807) is 13.0 Å². The third-order valence-electron chi connectivity index (χ3n) is 2.47. The van der Waals surface area contributed by atoms with E-state index in [1.807, 2.05) is 25.1 Å². The van der Waals surface area contributed by atoms with E-state index >= 15 is 0 Å². The number of aryl methyl sites for hydroxylation is 1. The van der Waals surface area contributed by atoms with Crippen LogP contribution in [0.25, 0.3) is 11.4 Å². The van der Waals surface area contributed by atoms with Crippen molar-refractivity contribution in [1.29, 1.82) is 0 Å². The van der Waals surface area contributed by atoms with Gasteiger partial charge in [-0.15, -0.1) is 0 Å². The third kappa shape index (κ3) is 3.25. The lowest BCUT2D eigenvalue weighted by Crippen LogP contribution is -2.15. The quantitative estimate of drug-likeness (QED) is 0.657. The van der Waals surface area contributed by atoms with Crippen molar-refractivity contribution in [3.63, 3.8) is 0 Å². The second-order valence-electron chi connectivity index (χ2n) is 4.07. The summed E-state index contributed by atoms with van der Waals surface area (Å²) in [7, 11) is 0. The van der Waals surface area contributed by atoms with Crippen molar-refractivity contribution in [2.24, 2.45) is 0 Å². The summed E-state index contributed by atoms with van der Waals surface area (Å²) in [6, 6.07) is 7.33. The fourth-order valence-corrected chi connectivity index (χ4v) is 1.64. The zero-order chi connectivity index (χ0) is 14.5. The van der Waals surface area contributed by atoms with E-state index in [9.17, 15) is 10.0 Å². The van der Waals surface area contributed by atoms with Gasteiger partial charge in [-0.05, 0) is 19.9 Å². The fourth-order valence-electron chi connectivity index (χ4n) is 1.64. The van der Waals surface area contributed by atoms with E-state index in [0.717, 1.165) is 5.56 Å². The average Bonchev–Trinajstić information content (AvgIpc) is 2.78. The van der Waals surface area contributed by atoms with E-state index < -0.39 is 5.97 Å². The standard InChI is InChI=1S/C13H15N3O4/c1-3-19-11(17)8-20-13-14-12(16(18)15-13)10-6-4-5-9(2)7-10/h4-7,18H,3,8H2,1-2H3. The van der Waals surface area contributed by atoms with Crippen molar-refractivity contribution >= 4 is 5.97 Å². The zero-order valence-corrected chi connectivity index (χ0v) is 11.2. The molecule has 1 N–H and O–H groups in total. The van der Waals surface area contributed by atoms with Crippen molar-refractivity contribution < 1.29 is 19.5 Å². The number of nitrogens with zero attached hydrogens (tertiary/aromatic N) is 3. The molecule has 20 heavy (non-hydrogen) atoms. The van der Waals surface area contributed by atoms with Gasteiger partial charge >= 0.3 is 12.0 Å². The first-order valence-electron chi connectivity index (χ1n) is 6.12. The van der Waals surface area contributed by atoms with Gasteiger partial charge in [-0.3, -0.25) is 0 Å². The molecule has 0 atom stereocenters. The summed E-state index contributed by atoms with van der Waals surface area (Å²) in [6.45, 7) is 3.61. The Bertz CT molecular complexity index is 609. The molecule has 2 rings (SSSR count). The highest BCUT2D eigenvalue weighted by Crippen LogP contribution is 2.19. The van der Waals surface area contributed by atoms with Crippen LogP contribution in [0.2, 0.25) is 0 Å². The normalized spacial score (nSPS) is 10.3. The highest BCUT2D eigenvalue weighted by atomic mass is 16.6. The van der Waals surface area contributed by atoms with Gasteiger partial charge < -0.3 is 14.7 Å². The second kappa shape index (κ2) is 6.05. The van der Waals surface area contributed by atoms with Crippen LogP contribution in [-0.2, 0) is 9.53 Å². The second-order valence-corrected chi connectivity index (χ2v) is 4.07. The van der Waals surface area contributed by atoms with E-state index in [1.165, 1.54) is 0 Å². The lowest BCUT2D eigenvalue weighted by Gasteiger charge is -2.00. The minimum atomic E-state index is -0.515. The Morgan fingerprint density at radius 3 is 2.95 bits per heavy atom. The van der Waals surface area contributed by atoms with Gasteiger partial charge in [-0.2, -0.15) is 4.98 Å². The number of ether oxygens (including phenoxy) is 2. The molecule has 0 aliphatic rings. The molecule has 1 aromatic carbocycles. The first kappa shape index (κ1) is 13.9. The van der Waals surface area contributed by atoms with Crippen molar-refractivity contribution in [3.05, 3.63) is 29.8 Å². The molecular weight excluding hydrogens is 262 g/mol. The molecule has 0 saturated carbocycles. The Labute approximate surface area is 115 Å². The molecule has 1 aromatic heterocycles. The Morgan fingerprint density at radius 1 is 1.45 bits per heavy atom. The molecule has 0 radical (unpaired) electrons. The Balaban J connectivity index is 2.12. The monoisotopic (exact) mass is 277 g/mol. The minimum absolute atomic E-state index is 0.0861. The van der Waals surface area contributed by atoms with Crippen LogP contribution < -0.4 is 4.74 Å². The topological polar surface area (TPSA) is 86.5 Å². The van der Waals surface area contributed by atoms with Crippen LogP contribution in [0.3, 0.4) is 0 Å². The summed E-state index contributed by atoms with van der Waals surface area (Å²) in [4.78, 5) is 15.8. The number of esters is 1. The summed E-state index contributed by atoms with van der Waals surface area (Å²) in [5, 5.41) is 13.4. The van der Waals surface area contributed by atoms with Gasteiger partial charge in [0.2, 0.25) is 5.82 Å². The minimum Gasteiger partial charge on any atom is -0.463 e. The highest BCUT2D eigenvalue weighted by molar-refractivity contribution is 5.70. The largest absolute Gasteiger partial charge is 0.463 e. The highest BCUT2D eigenvalue weighted by Gasteiger charge is 2.14. The molecule has 0 unspecified atom stereocenters. The molecule has 7 heteroatoms. The molecule has 0 saturated heterocycles. The number of hydrogen-bond donors (Lipinski definition) is 1. The molecule has 2 aromatic rings. The maximum Gasteiger partial charge on any atom is 0.344 e. The molecule has 106 valence electrons. The summed E-state index contributed by atoms with van der Waals surface area (Å²) >= 11 is 0. The molecule has 1 heterocycles. The molecule has 0 aliphatic carbocycles. The van der Waals surface area contributed by atoms with Gasteiger partial charge in [0.15, 0.2) is 6.61 Å². The molecule has 0 fully saturated rings. The van der Waals surface area contributed by atoms with E-state index in [-0.39, 0.29) is 25.0 Å². The van der Waals surface area contributed by atoms with Crippen LogP contribution in [0.4, 0.5) is 0 Å². The zero-order valence-electron chi connectivity index (χ0n) is 11.2. The molecule has 7 nitrogen and oxygen atoms in total. The van der Waals surface area contributed by atoms with E-state index in [2.05, 4.69) is 10.1 Å². The first-order valence-corrected chi connectivity index (χ1v) is 6.12. The molecule has 0 spiro atoms.